The highest BCUT2D eigenvalue weighted by molar-refractivity contribution is 5.98. The summed E-state index contributed by atoms with van der Waals surface area (Å²) in [6, 6.07) is 7.70. The van der Waals surface area contributed by atoms with Gasteiger partial charge < -0.3 is 14.6 Å². The van der Waals surface area contributed by atoms with E-state index in [1.54, 1.807) is 14.0 Å². The van der Waals surface area contributed by atoms with Gasteiger partial charge in [0.1, 0.15) is 11.5 Å². The van der Waals surface area contributed by atoms with E-state index in [2.05, 4.69) is 13.8 Å². The molecule has 1 N–H and O–H groups in total. The van der Waals surface area contributed by atoms with Gasteiger partial charge in [0.05, 0.1) is 7.11 Å². The summed E-state index contributed by atoms with van der Waals surface area (Å²) in [7, 11) is 1.62. The number of methoxy groups -OCH3 is 1. The van der Waals surface area contributed by atoms with Crippen molar-refractivity contribution in [3.05, 3.63) is 41.2 Å². The third-order valence-corrected chi connectivity index (χ3v) is 4.65. The number of ether oxygens (including phenoxy) is 2. The van der Waals surface area contributed by atoms with Crippen molar-refractivity contribution >= 4 is 5.78 Å². The first-order valence-corrected chi connectivity index (χ1v) is 8.02. The van der Waals surface area contributed by atoms with E-state index in [9.17, 15) is 9.90 Å². The Morgan fingerprint density at radius 2 is 2.00 bits per heavy atom. The van der Waals surface area contributed by atoms with Crippen molar-refractivity contribution in [2.45, 2.75) is 51.7 Å². The van der Waals surface area contributed by atoms with Gasteiger partial charge in [-0.1, -0.05) is 26.0 Å². The minimum Gasteiger partial charge on any atom is -0.497 e. The largest absolute Gasteiger partial charge is 0.497 e. The summed E-state index contributed by atoms with van der Waals surface area (Å²) in [5, 5.41) is 10.5. The Balaban J connectivity index is 2.09. The van der Waals surface area contributed by atoms with Crippen LogP contribution in [0.25, 0.3) is 0 Å². The SMILES string of the molecule is COc1cccc([C@H]2CC(C)(O)OC3=C2C(=O)CC(C)(C)C3)c1. The molecule has 2 aliphatic rings. The molecule has 1 unspecified atom stereocenters. The molecule has 4 heteroatoms. The van der Waals surface area contributed by atoms with E-state index in [1.807, 2.05) is 24.3 Å². The number of hydrogen-bond acceptors (Lipinski definition) is 4. The van der Waals surface area contributed by atoms with E-state index in [-0.39, 0.29) is 17.1 Å². The number of ketones is 1. The van der Waals surface area contributed by atoms with Gasteiger partial charge in [0.25, 0.3) is 0 Å². The summed E-state index contributed by atoms with van der Waals surface area (Å²) in [5.74, 6) is 0.0991. The molecule has 4 nitrogen and oxygen atoms in total. The second-order valence-electron chi connectivity index (χ2n) is 7.59. The van der Waals surface area contributed by atoms with Crippen molar-refractivity contribution in [1.82, 2.24) is 0 Å². The fourth-order valence-corrected chi connectivity index (χ4v) is 3.69. The predicted molar refractivity (Wildman–Crippen MR) is 87.1 cm³/mol. The lowest BCUT2D eigenvalue weighted by atomic mass is 9.70. The zero-order chi connectivity index (χ0) is 16.8. The minimum absolute atomic E-state index is 0.125. The molecule has 0 spiro atoms. The van der Waals surface area contributed by atoms with E-state index < -0.39 is 5.79 Å². The van der Waals surface area contributed by atoms with Crippen molar-refractivity contribution in [3.8, 4) is 5.75 Å². The first-order valence-electron chi connectivity index (χ1n) is 8.02. The highest BCUT2D eigenvalue weighted by atomic mass is 16.6. The number of rotatable bonds is 2. The third-order valence-electron chi connectivity index (χ3n) is 4.65. The summed E-state index contributed by atoms with van der Waals surface area (Å²) in [6.45, 7) is 5.78. The number of allylic oxidation sites excluding steroid dienone is 2. The van der Waals surface area contributed by atoms with Gasteiger partial charge in [-0.2, -0.15) is 0 Å². The average Bonchev–Trinajstić information content (AvgIpc) is 2.43. The molecule has 2 atom stereocenters. The van der Waals surface area contributed by atoms with Crippen LogP contribution >= 0.6 is 0 Å². The fourth-order valence-electron chi connectivity index (χ4n) is 3.69. The molecule has 124 valence electrons. The molecule has 23 heavy (non-hydrogen) atoms. The van der Waals surface area contributed by atoms with Crippen LogP contribution in [-0.2, 0) is 9.53 Å². The van der Waals surface area contributed by atoms with Gasteiger partial charge in [-0.05, 0) is 23.1 Å². The Bertz CT molecular complexity index is 666. The summed E-state index contributed by atoms with van der Waals surface area (Å²) in [6.07, 6.45) is 1.55. The first-order chi connectivity index (χ1) is 10.7. The van der Waals surface area contributed by atoms with Gasteiger partial charge in [0.2, 0.25) is 5.79 Å². The molecular weight excluding hydrogens is 292 g/mol. The Kier molecular flexibility index (Phi) is 3.75. The molecule has 1 aromatic rings. The molecule has 1 aliphatic heterocycles. The van der Waals surface area contributed by atoms with Crippen LogP contribution in [0.4, 0.5) is 0 Å². The van der Waals surface area contributed by atoms with Gasteiger partial charge in [-0.3, -0.25) is 4.79 Å². The zero-order valence-electron chi connectivity index (χ0n) is 14.2. The number of carbonyl (C=O) groups excluding carboxylic acids is 1. The molecule has 0 saturated heterocycles. The molecule has 0 amide bonds. The second-order valence-corrected chi connectivity index (χ2v) is 7.59. The van der Waals surface area contributed by atoms with E-state index in [4.69, 9.17) is 9.47 Å². The summed E-state index contributed by atoms with van der Waals surface area (Å²) >= 11 is 0. The van der Waals surface area contributed by atoms with Crippen molar-refractivity contribution in [1.29, 1.82) is 0 Å². The fraction of sp³-hybridized carbons (Fsp3) is 0.526. The highest BCUT2D eigenvalue weighted by Crippen LogP contribution is 2.49. The Morgan fingerprint density at radius 3 is 2.70 bits per heavy atom. The van der Waals surface area contributed by atoms with Crippen LogP contribution in [0.15, 0.2) is 35.6 Å². The molecule has 0 bridgehead atoms. The summed E-state index contributed by atoms with van der Waals surface area (Å²) < 4.78 is 11.1. The van der Waals surface area contributed by atoms with Gasteiger partial charge in [-0.15, -0.1) is 0 Å². The van der Waals surface area contributed by atoms with Crippen LogP contribution in [0, 0.1) is 5.41 Å². The third kappa shape index (κ3) is 3.13. The maximum atomic E-state index is 12.7. The lowest BCUT2D eigenvalue weighted by Gasteiger charge is -2.43. The molecular formula is C19H24O4. The van der Waals surface area contributed by atoms with E-state index in [0.29, 0.717) is 25.0 Å². The molecule has 0 saturated carbocycles. The van der Waals surface area contributed by atoms with Crippen LogP contribution in [0.1, 0.15) is 51.5 Å². The quantitative estimate of drug-likeness (QED) is 0.906. The summed E-state index contributed by atoms with van der Waals surface area (Å²) in [5.41, 5.74) is 1.57. The number of Topliss-reactive ketones (excluding diaryl/α,β-unsaturated/α-hetero) is 1. The monoisotopic (exact) mass is 316 g/mol. The lowest BCUT2D eigenvalue weighted by molar-refractivity contribution is -0.184. The standard InChI is InChI=1S/C19H24O4/c1-18(2)10-15(20)17-14(9-19(3,21)23-16(17)11-18)12-6-5-7-13(8-12)22-4/h5-8,14,21H,9-11H2,1-4H3/t14-,19?/m1/s1. The topological polar surface area (TPSA) is 55.8 Å². The van der Waals surface area contributed by atoms with Gasteiger partial charge in [-0.25, -0.2) is 0 Å². The van der Waals surface area contributed by atoms with E-state index in [0.717, 1.165) is 16.9 Å². The second kappa shape index (κ2) is 5.38. The number of hydrogen-bond donors (Lipinski definition) is 1. The maximum Gasteiger partial charge on any atom is 0.205 e. The smallest absolute Gasteiger partial charge is 0.205 e. The summed E-state index contributed by atoms with van der Waals surface area (Å²) in [4.78, 5) is 12.7. The predicted octanol–water partition coefficient (Wildman–Crippen LogP) is 3.55. The lowest BCUT2D eigenvalue weighted by Crippen LogP contribution is -2.41. The van der Waals surface area contributed by atoms with Crippen molar-refractivity contribution in [3.63, 3.8) is 0 Å². The zero-order valence-corrected chi connectivity index (χ0v) is 14.2. The van der Waals surface area contributed by atoms with Gasteiger partial charge in [0, 0.05) is 37.7 Å². The van der Waals surface area contributed by atoms with Crippen molar-refractivity contribution in [2.24, 2.45) is 5.41 Å². The molecule has 0 aromatic heterocycles. The van der Waals surface area contributed by atoms with Crippen LogP contribution in [0.5, 0.6) is 5.75 Å². The molecule has 1 aromatic carbocycles. The maximum absolute atomic E-state index is 12.7. The Hall–Kier alpha value is -1.81. The normalized spacial score (nSPS) is 29.8. The first kappa shape index (κ1) is 16.1. The van der Waals surface area contributed by atoms with Gasteiger partial charge in [0.15, 0.2) is 5.78 Å². The van der Waals surface area contributed by atoms with E-state index in [1.165, 1.54) is 0 Å². The van der Waals surface area contributed by atoms with E-state index >= 15 is 0 Å². The molecule has 0 radical (unpaired) electrons. The van der Waals surface area contributed by atoms with Crippen LogP contribution in [0.3, 0.4) is 0 Å². The minimum atomic E-state index is -1.26. The number of carbonyl (C=O) groups is 1. The van der Waals surface area contributed by atoms with Gasteiger partial charge >= 0.3 is 0 Å². The van der Waals surface area contributed by atoms with Crippen LogP contribution in [0.2, 0.25) is 0 Å². The van der Waals surface area contributed by atoms with Crippen molar-refractivity contribution in [2.75, 3.05) is 7.11 Å². The molecule has 1 heterocycles. The number of aliphatic hydroxyl groups is 1. The Morgan fingerprint density at radius 1 is 1.26 bits per heavy atom. The number of benzene rings is 1. The molecule has 0 fully saturated rings. The highest BCUT2D eigenvalue weighted by Gasteiger charge is 2.45. The van der Waals surface area contributed by atoms with Crippen molar-refractivity contribution < 1.29 is 19.4 Å². The van der Waals surface area contributed by atoms with Crippen LogP contribution < -0.4 is 4.74 Å². The Labute approximate surface area is 137 Å². The molecule has 1 aliphatic carbocycles. The molecule has 3 rings (SSSR count). The van der Waals surface area contributed by atoms with Crippen LogP contribution in [-0.4, -0.2) is 23.8 Å². The average molecular weight is 316 g/mol.